The monoisotopic (exact) mass is 273 g/mol. The van der Waals surface area contributed by atoms with Gasteiger partial charge in [-0.1, -0.05) is 19.4 Å². The lowest BCUT2D eigenvalue weighted by atomic mass is 10.1. The van der Waals surface area contributed by atoms with Crippen LogP contribution < -0.4 is 10.6 Å². The topological polar surface area (TPSA) is 64.9 Å². The van der Waals surface area contributed by atoms with E-state index in [4.69, 9.17) is 5.26 Å². The highest BCUT2D eigenvalue weighted by molar-refractivity contribution is 5.84. The fraction of sp³-hybridized carbons (Fsp3) is 0.500. The van der Waals surface area contributed by atoms with Crippen LogP contribution in [0, 0.1) is 18.3 Å². The van der Waals surface area contributed by atoms with Crippen molar-refractivity contribution >= 4 is 11.6 Å². The fourth-order valence-corrected chi connectivity index (χ4v) is 2.02. The van der Waals surface area contributed by atoms with Crippen LogP contribution in [0.3, 0.4) is 0 Å². The van der Waals surface area contributed by atoms with Crippen LogP contribution in [0.15, 0.2) is 18.2 Å². The molecule has 1 amide bonds. The number of carbonyl (C=O) groups excluding carboxylic acids is 1. The van der Waals surface area contributed by atoms with Gasteiger partial charge in [-0.05, 0) is 44.9 Å². The molecule has 2 unspecified atom stereocenters. The summed E-state index contributed by atoms with van der Waals surface area (Å²) >= 11 is 0. The standard InChI is InChI=1S/C16H23N3O/c1-5-6-12(3)18-16(20)13(4)19-15-9-14(10-17)8-7-11(15)2/h7-9,12-13,19H,5-6H2,1-4H3,(H,18,20). The van der Waals surface area contributed by atoms with Crippen molar-refractivity contribution in [3.05, 3.63) is 29.3 Å². The molecule has 108 valence electrons. The van der Waals surface area contributed by atoms with Crippen LogP contribution in [0.4, 0.5) is 5.69 Å². The first-order valence-electron chi connectivity index (χ1n) is 7.05. The van der Waals surface area contributed by atoms with Gasteiger partial charge in [0.2, 0.25) is 5.91 Å². The number of nitriles is 1. The maximum absolute atomic E-state index is 12.1. The molecular formula is C16H23N3O. The Morgan fingerprint density at radius 1 is 1.40 bits per heavy atom. The van der Waals surface area contributed by atoms with Crippen molar-refractivity contribution in [2.45, 2.75) is 52.6 Å². The first-order chi connectivity index (χ1) is 9.47. The van der Waals surface area contributed by atoms with E-state index in [0.29, 0.717) is 5.56 Å². The van der Waals surface area contributed by atoms with Crippen LogP contribution in [0.2, 0.25) is 0 Å². The maximum atomic E-state index is 12.1. The second kappa shape index (κ2) is 7.54. The summed E-state index contributed by atoms with van der Waals surface area (Å²) in [5.74, 6) is -0.0206. The lowest BCUT2D eigenvalue weighted by Gasteiger charge is -2.20. The molecule has 2 atom stereocenters. The number of benzene rings is 1. The van der Waals surface area contributed by atoms with E-state index in [1.54, 1.807) is 12.1 Å². The van der Waals surface area contributed by atoms with E-state index in [1.165, 1.54) is 0 Å². The van der Waals surface area contributed by atoms with Gasteiger partial charge in [-0.25, -0.2) is 0 Å². The van der Waals surface area contributed by atoms with E-state index in [9.17, 15) is 4.79 Å². The van der Waals surface area contributed by atoms with Crippen LogP contribution in [0.5, 0.6) is 0 Å². The molecule has 0 radical (unpaired) electrons. The number of amides is 1. The van der Waals surface area contributed by atoms with Gasteiger partial charge < -0.3 is 10.6 Å². The number of hydrogen-bond donors (Lipinski definition) is 2. The van der Waals surface area contributed by atoms with Crippen molar-refractivity contribution in [3.8, 4) is 6.07 Å². The molecule has 0 bridgehead atoms. The fourth-order valence-electron chi connectivity index (χ4n) is 2.02. The van der Waals surface area contributed by atoms with Crippen molar-refractivity contribution in [2.24, 2.45) is 0 Å². The van der Waals surface area contributed by atoms with Gasteiger partial charge in [0.15, 0.2) is 0 Å². The van der Waals surface area contributed by atoms with Gasteiger partial charge in [-0.15, -0.1) is 0 Å². The van der Waals surface area contributed by atoms with Crippen LogP contribution >= 0.6 is 0 Å². The first kappa shape index (κ1) is 16.0. The number of aryl methyl sites for hydroxylation is 1. The molecule has 0 spiro atoms. The van der Waals surface area contributed by atoms with Crippen LogP contribution in [0.1, 0.15) is 44.7 Å². The molecule has 0 saturated heterocycles. The minimum atomic E-state index is -0.332. The molecule has 20 heavy (non-hydrogen) atoms. The van der Waals surface area contributed by atoms with Gasteiger partial charge in [-0.2, -0.15) is 5.26 Å². The van der Waals surface area contributed by atoms with Crippen LogP contribution in [0.25, 0.3) is 0 Å². The van der Waals surface area contributed by atoms with Gasteiger partial charge in [0.05, 0.1) is 11.6 Å². The van der Waals surface area contributed by atoms with Crippen molar-refractivity contribution in [1.82, 2.24) is 5.32 Å². The minimum Gasteiger partial charge on any atom is -0.374 e. The van der Waals surface area contributed by atoms with Gasteiger partial charge in [-0.3, -0.25) is 4.79 Å². The Morgan fingerprint density at radius 2 is 2.10 bits per heavy atom. The van der Waals surface area contributed by atoms with E-state index >= 15 is 0 Å². The van der Waals surface area contributed by atoms with Gasteiger partial charge >= 0.3 is 0 Å². The highest BCUT2D eigenvalue weighted by Crippen LogP contribution is 2.17. The molecule has 4 nitrogen and oxygen atoms in total. The molecule has 0 aliphatic rings. The Kier molecular flexibility index (Phi) is 6.05. The highest BCUT2D eigenvalue weighted by Gasteiger charge is 2.15. The average molecular weight is 273 g/mol. The molecule has 0 aliphatic carbocycles. The van der Waals surface area contributed by atoms with E-state index in [1.807, 2.05) is 26.8 Å². The number of nitrogens with zero attached hydrogens (tertiary/aromatic N) is 1. The third kappa shape index (κ3) is 4.58. The molecule has 1 rings (SSSR count). The third-order valence-corrected chi connectivity index (χ3v) is 3.24. The molecule has 0 fully saturated rings. The summed E-state index contributed by atoms with van der Waals surface area (Å²) in [5.41, 5.74) is 2.44. The summed E-state index contributed by atoms with van der Waals surface area (Å²) in [7, 11) is 0. The Morgan fingerprint density at radius 3 is 2.70 bits per heavy atom. The molecule has 2 N–H and O–H groups in total. The second-order valence-corrected chi connectivity index (χ2v) is 5.21. The van der Waals surface area contributed by atoms with Gasteiger partial charge in [0.25, 0.3) is 0 Å². The lowest BCUT2D eigenvalue weighted by Crippen LogP contribution is -2.42. The maximum Gasteiger partial charge on any atom is 0.242 e. The van der Waals surface area contributed by atoms with E-state index in [2.05, 4.69) is 23.6 Å². The van der Waals surface area contributed by atoms with Crippen LogP contribution in [-0.4, -0.2) is 18.0 Å². The largest absolute Gasteiger partial charge is 0.374 e. The SMILES string of the molecule is CCCC(C)NC(=O)C(C)Nc1cc(C#N)ccc1C. The van der Waals surface area contributed by atoms with Gasteiger partial charge in [0, 0.05) is 11.7 Å². The summed E-state index contributed by atoms with van der Waals surface area (Å²) < 4.78 is 0. The zero-order valence-corrected chi connectivity index (χ0v) is 12.7. The van der Waals surface area contributed by atoms with E-state index < -0.39 is 0 Å². The molecule has 0 aliphatic heterocycles. The molecule has 0 heterocycles. The van der Waals surface area contributed by atoms with E-state index in [0.717, 1.165) is 24.1 Å². The molecule has 1 aromatic rings. The molecule has 0 aromatic heterocycles. The number of carbonyl (C=O) groups is 1. The highest BCUT2D eigenvalue weighted by atomic mass is 16.2. The summed E-state index contributed by atoms with van der Waals surface area (Å²) in [6.07, 6.45) is 2.02. The third-order valence-electron chi connectivity index (χ3n) is 3.24. The van der Waals surface area contributed by atoms with Crippen molar-refractivity contribution in [3.63, 3.8) is 0 Å². The second-order valence-electron chi connectivity index (χ2n) is 5.21. The summed E-state index contributed by atoms with van der Waals surface area (Å²) in [6.45, 7) is 7.89. The van der Waals surface area contributed by atoms with E-state index in [-0.39, 0.29) is 18.0 Å². The summed E-state index contributed by atoms with van der Waals surface area (Å²) in [5, 5.41) is 15.1. The Labute approximate surface area is 121 Å². The zero-order chi connectivity index (χ0) is 15.1. The van der Waals surface area contributed by atoms with Crippen LogP contribution in [-0.2, 0) is 4.79 Å². The lowest BCUT2D eigenvalue weighted by molar-refractivity contribution is -0.122. The molecule has 0 saturated carbocycles. The van der Waals surface area contributed by atoms with Crippen molar-refractivity contribution < 1.29 is 4.79 Å². The Bertz CT molecular complexity index is 505. The molecular weight excluding hydrogens is 250 g/mol. The predicted molar refractivity (Wildman–Crippen MR) is 81.5 cm³/mol. The number of nitrogens with one attached hydrogen (secondary N) is 2. The molecule has 1 aromatic carbocycles. The normalized spacial score (nSPS) is 13.2. The zero-order valence-electron chi connectivity index (χ0n) is 12.7. The summed E-state index contributed by atoms with van der Waals surface area (Å²) in [6, 6.07) is 7.38. The number of anilines is 1. The Hall–Kier alpha value is -2.02. The minimum absolute atomic E-state index is 0.0206. The number of rotatable bonds is 6. The van der Waals surface area contributed by atoms with Crippen molar-refractivity contribution in [2.75, 3.05) is 5.32 Å². The number of hydrogen-bond acceptors (Lipinski definition) is 3. The quantitative estimate of drug-likeness (QED) is 0.837. The van der Waals surface area contributed by atoms with Gasteiger partial charge in [0.1, 0.15) is 6.04 Å². The Balaban J connectivity index is 2.68. The average Bonchev–Trinajstić information content (AvgIpc) is 2.41. The van der Waals surface area contributed by atoms with Crippen molar-refractivity contribution in [1.29, 1.82) is 5.26 Å². The smallest absolute Gasteiger partial charge is 0.242 e. The predicted octanol–water partition coefficient (Wildman–Crippen LogP) is 2.97. The first-order valence-corrected chi connectivity index (χ1v) is 7.05. The molecule has 4 heteroatoms. The summed E-state index contributed by atoms with van der Waals surface area (Å²) in [4.78, 5) is 12.1.